The van der Waals surface area contributed by atoms with Gasteiger partial charge in [-0.05, 0) is 12.5 Å². The lowest BCUT2D eigenvalue weighted by molar-refractivity contribution is -0.137. The van der Waals surface area contributed by atoms with Crippen molar-refractivity contribution in [3.05, 3.63) is 35.9 Å². The first-order valence-corrected chi connectivity index (χ1v) is 9.40. The summed E-state index contributed by atoms with van der Waals surface area (Å²) < 4.78 is 27.7. The summed E-state index contributed by atoms with van der Waals surface area (Å²) in [6, 6.07) is 8.66. The maximum Gasteiger partial charge on any atom is 0.303 e. The van der Waals surface area contributed by atoms with E-state index in [1.54, 1.807) is 19.1 Å². The number of rotatable bonds is 4. The zero-order valence-electron chi connectivity index (χ0n) is 11.1. The first kappa shape index (κ1) is 14.8. The molecule has 0 unspecified atom stereocenters. The summed E-state index contributed by atoms with van der Waals surface area (Å²) >= 11 is 0. The lowest BCUT2D eigenvalue weighted by atomic mass is 10.1. The van der Waals surface area contributed by atoms with Crippen molar-refractivity contribution in [2.45, 2.75) is 38.2 Å². The van der Waals surface area contributed by atoms with E-state index in [0.717, 1.165) is 5.56 Å². The number of benzene rings is 1. The van der Waals surface area contributed by atoms with Crippen molar-refractivity contribution in [1.82, 2.24) is 5.32 Å². The second kappa shape index (κ2) is 5.18. The summed E-state index contributed by atoms with van der Waals surface area (Å²) in [5.41, 5.74) is -2.44. The molecular formula is C13H19F2NOSi. The third-order valence-corrected chi connectivity index (χ3v) is 4.99. The summed E-state index contributed by atoms with van der Waals surface area (Å²) in [5, 5.41) is 2.39. The molecule has 1 amide bonds. The molecule has 1 atom stereocenters. The number of halogens is 2. The standard InChI is InChI=1S/C13H19F2NOSi/c1-10(11-8-6-5-7-9-11)16-12(17)13(14,15)18(2,3)4/h5-10H,1-4H3,(H,16,17)/t10-/m0/s1. The van der Waals surface area contributed by atoms with Crippen LogP contribution in [0.25, 0.3) is 0 Å². The Kier molecular flexibility index (Phi) is 4.27. The Morgan fingerprint density at radius 3 is 2.17 bits per heavy atom. The van der Waals surface area contributed by atoms with Crippen LogP contribution in [0.5, 0.6) is 0 Å². The predicted octanol–water partition coefficient (Wildman–Crippen LogP) is 3.38. The van der Waals surface area contributed by atoms with Gasteiger partial charge in [-0.15, -0.1) is 0 Å². The zero-order valence-corrected chi connectivity index (χ0v) is 12.1. The average molecular weight is 271 g/mol. The minimum Gasteiger partial charge on any atom is -0.345 e. The molecule has 100 valence electrons. The summed E-state index contributed by atoms with van der Waals surface area (Å²) in [6.45, 7) is 6.16. The van der Waals surface area contributed by atoms with Gasteiger partial charge in [0, 0.05) is 0 Å². The van der Waals surface area contributed by atoms with Gasteiger partial charge in [0.15, 0.2) is 0 Å². The van der Waals surface area contributed by atoms with Gasteiger partial charge in [-0.2, -0.15) is 0 Å². The van der Waals surface area contributed by atoms with E-state index >= 15 is 0 Å². The number of hydrogen-bond acceptors (Lipinski definition) is 1. The van der Waals surface area contributed by atoms with Crippen molar-refractivity contribution in [3.8, 4) is 0 Å². The third kappa shape index (κ3) is 3.16. The van der Waals surface area contributed by atoms with Gasteiger partial charge in [0.25, 0.3) is 5.91 Å². The van der Waals surface area contributed by atoms with Gasteiger partial charge in [-0.1, -0.05) is 50.0 Å². The normalized spacial score (nSPS) is 14.1. The molecule has 0 aliphatic carbocycles. The van der Waals surface area contributed by atoms with Crippen LogP contribution in [0.15, 0.2) is 30.3 Å². The Balaban J connectivity index is 2.78. The molecule has 0 fully saturated rings. The highest BCUT2D eigenvalue weighted by atomic mass is 28.3. The maximum atomic E-state index is 13.8. The van der Waals surface area contributed by atoms with Crippen LogP contribution in [-0.2, 0) is 4.79 Å². The van der Waals surface area contributed by atoms with Crippen LogP contribution >= 0.6 is 0 Å². The summed E-state index contributed by atoms with van der Waals surface area (Å²) in [5.74, 6) is -1.17. The van der Waals surface area contributed by atoms with E-state index in [1.807, 2.05) is 18.2 Å². The van der Waals surface area contributed by atoms with E-state index in [9.17, 15) is 13.6 Å². The maximum absolute atomic E-state index is 13.8. The SMILES string of the molecule is C[C@H](NC(=O)C(F)(F)[Si](C)(C)C)c1ccccc1. The van der Waals surface area contributed by atoms with Crippen LogP contribution in [0, 0.1) is 0 Å². The molecule has 0 aromatic heterocycles. The molecule has 1 aromatic rings. The smallest absolute Gasteiger partial charge is 0.303 e. The van der Waals surface area contributed by atoms with Crippen LogP contribution < -0.4 is 5.32 Å². The molecule has 1 aromatic carbocycles. The fourth-order valence-corrected chi connectivity index (χ4v) is 2.21. The van der Waals surface area contributed by atoms with Crippen molar-refractivity contribution in [1.29, 1.82) is 0 Å². The molecule has 2 nitrogen and oxygen atoms in total. The molecule has 0 aliphatic heterocycles. The molecule has 5 heteroatoms. The van der Waals surface area contributed by atoms with E-state index in [0.29, 0.717) is 0 Å². The van der Waals surface area contributed by atoms with Gasteiger partial charge >= 0.3 is 5.55 Å². The summed E-state index contributed by atoms with van der Waals surface area (Å²) in [4.78, 5) is 11.7. The second-order valence-corrected chi connectivity index (χ2v) is 10.6. The van der Waals surface area contributed by atoms with Crippen LogP contribution in [0.3, 0.4) is 0 Å². The molecular weight excluding hydrogens is 252 g/mol. The molecule has 0 spiro atoms. The van der Waals surface area contributed by atoms with E-state index in [4.69, 9.17) is 0 Å². The number of carbonyl (C=O) groups excluding carboxylic acids is 1. The lowest BCUT2D eigenvalue weighted by Crippen LogP contribution is -2.56. The van der Waals surface area contributed by atoms with Crippen LogP contribution in [0.2, 0.25) is 19.6 Å². The van der Waals surface area contributed by atoms with Crippen LogP contribution in [0.4, 0.5) is 8.78 Å². The molecule has 0 bridgehead atoms. The lowest BCUT2D eigenvalue weighted by Gasteiger charge is -2.28. The fraction of sp³-hybridized carbons (Fsp3) is 0.462. The molecule has 1 N–H and O–H groups in total. The molecule has 0 radical (unpaired) electrons. The molecule has 0 aliphatic rings. The van der Waals surface area contributed by atoms with Crippen LogP contribution in [-0.4, -0.2) is 19.5 Å². The fourth-order valence-electron chi connectivity index (χ4n) is 1.45. The van der Waals surface area contributed by atoms with Gasteiger partial charge in [0.05, 0.1) is 6.04 Å². The van der Waals surface area contributed by atoms with Gasteiger partial charge in [0.2, 0.25) is 0 Å². The van der Waals surface area contributed by atoms with E-state index in [1.165, 1.54) is 19.6 Å². The third-order valence-electron chi connectivity index (χ3n) is 2.87. The van der Waals surface area contributed by atoms with Gasteiger partial charge in [0.1, 0.15) is 8.07 Å². The predicted molar refractivity (Wildman–Crippen MR) is 71.3 cm³/mol. The summed E-state index contributed by atoms with van der Waals surface area (Å²) in [7, 11) is -2.86. The monoisotopic (exact) mass is 271 g/mol. The zero-order chi connectivity index (χ0) is 14.0. The molecule has 18 heavy (non-hydrogen) atoms. The minimum atomic E-state index is -3.25. The Morgan fingerprint density at radius 1 is 1.22 bits per heavy atom. The summed E-state index contributed by atoms with van der Waals surface area (Å²) in [6.07, 6.45) is 0. The Bertz CT molecular complexity index is 415. The molecule has 1 rings (SSSR count). The molecule has 0 heterocycles. The Hall–Kier alpha value is -1.23. The second-order valence-electron chi connectivity index (χ2n) is 5.43. The number of hydrogen-bond donors (Lipinski definition) is 1. The Morgan fingerprint density at radius 2 is 1.72 bits per heavy atom. The van der Waals surface area contributed by atoms with Gasteiger partial charge in [-0.3, -0.25) is 4.79 Å². The Labute approximate surface area is 107 Å². The quantitative estimate of drug-likeness (QED) is 0.836. The minimum absolute atomic E-state index is 0.416. The number of amides is 1. The highest BCUT2D eigenvalue weighted by Gasteiger charge is 2.51. The first-order valence-electron chi connectivity index (χ1n) is 5.90. The van der Waals surface area contributed by atoms with Gasteiger partial charge < -0.3 is 5.32 Å². The van der Waals surface area contributed by atoms with Crippen molar-refractivity contribution in [3.63, 3.8) is 0 Å². The van der Waals surface area contributed by atoms with Crippen molar-refractivity contribution >= 4 is 14.0 Å². The highest BCUT2D eigenvalue weighted by Crippen LogP contribution is 2.28. The number of alkyl halides is 2. The van der Waals surface area contributed by atoms with Crippen molar-refractivity contribution in [2.24, 2.45) is 0 Å². The van der Waals surface area contributed by atoms with Crippen molar-refractivity contribution in [2.75, 3.05) is 0 Å². The topological polar surface area (TPSA) is 29.1 Å². The highest BCUT2D eigenvalue weighted by molar-refractivity contribution is 6.81. The van der Waals surface area contributed by atoms with Crippen LogP contribution in [0.1, 0.15) is 18.5 Å². The average Bonchev–Trinajstić information content (AvgIpc) is 2.28. The van der Waals surface area contributed by atoms with E-state index < -0.39 is 25.6 Å². The first-order chi connectivity index (χ1) is 8.16. The van der Waals surface area contributed by atoms with Crippen molar-refractivity contribution < 1.29 is 13.6 Å². The largest absolute Gasteiger partial charge is 0.345 e. The number of carbonyl (C=O) groups is 1. The number of nitrogens with one attached hydrogen (secondary N) is 1. The van der Waals surface area contributed by atoms with E-state index in [-0.39, 0.29) is 0 Å². The molecule has 0 saturated carbocycles. The molecule has 0 saturated heterocycles. The van der Waals surface area contributed by atoms with E-state index in [2.05, 4.69) is 5.32 Å². The van der Waals surface area contributed by atoms with Gasteiger partial charge in [-0.25, -0.2) is 8.78 Å².